The normalized spacial score (nSPS) is 11.6. The number of amides is 1. The Bertz CT molecular complexity index is 1460. The van der Waals surface area contributed by atoms with E-state index in [1.54, 1.807) is 54.4 Å². The van der Waals surface area contributed by atoms with Gasteiger partial charge in [-0.2, -0.15) is 0 Å². The van der Waals surface area contributed by atoms with Crippen molar-refractivity contribution in [3.05, 3.63) is 89.5 Å². The zero-order valence-corrected chi connectivity index (χ0v) is 21.8. The number of carbonyl (C=O) groups excluding carboxylic acids is 2. The lowest BCUT2D eigenvalue weighted by molar-refractivity contribution is 0.0786. The Hall–Kier alpha value is -4.63. The summed E-state index contributed by atoms with van der Waals surface area (Å²) in [5, 5.41) is 11.6. The lowest BCUT2D eigenvalue weighted by atomic mass is 10.0. The zero-order chi connectivity index (χ0) is 27.2. The molecule has 0 unspecified atom stereocenters. The summed E-state index contributed by atoms with van der Waals surface area (Å²) in [6.45, 7) is 1.39. The fraction of sp³-hybridized carbons (Fsp3) is 0.207. The summed E-state index contributed by atoms with van der Waals surface area (Å²) in [7, 11) is 6.95. The highest BCUT2D eigenvalue weighted by molar-refractivity contribution is 6.22. The van der Waals surface area contributed by atoms with E-state index in [-0.39, 0.29) is 17.5 Å². The van der Waals surface area contributed by atoms with Gasteiger partial charge in [-0.05, 0) is 50.5 Å². The fourth-order valence-corrected chi connectivity index (χ4v) is 3.94. The van der Waals surface area contributed by atoms with Gasteiger partial charge in [0.15, 0.2) is 5.88 Å². The molecule has 38 heavy (non-hydrogen) atoms. The van der Waals surface area contributed by atoms with Gasteiger partial charge in [0.1, 0.15) is 5.75 Å². The van der Waals surface area contributed by atoms with E-state index in [9.17, 15) is 14.7 Å². The van der Waals surface area contributed by atoms with Gasteiger partial charge in [0.25, 0.3) is 5.91 Å². The lowest BCUT2D eigenvalue weighted by Crippen LogP contribution is -2.33. The van der Waals surface area contributed by atoms with Crippen LogP contribution >= 0.6 is 0 Å². The van der Waals surface area contributed by atoms with Gasteiger partial charge in [0.05, 0.1) is 29.6 Å². The summed E-state index contributed by atoms with van der Waals surface area (Å²) in [6, 6.07) is 21.5. The maximum atomic E-state index is 12.8. The van der Waals surface area contributed by atoms with Gasteiger partial charge < -0.3 is 29.4 Å². The minimum absolute atomic E-state index is 0.0649. The molecule has 0 radical (unpaired) electrons. The highest BCUT2D eigenvalue weighted by Crippen LogP contribution is 2.33. The molecular formula is C29H30N4O5. The minimum Gasteiger partial charge on any atom is -0.494 e. The van der Waals surface area contributed by atoms with E-state index in [0.29, 0.717) is 40.0 Å². The highest BCUT2D eigenvalue weighted by atomic mass is 16.7. The molecule has 0 aliphatic heterocycles. The average Bonchev–Trinajstić information content (AvgIpc) is 3.25. The Morgan fingerprint density at radius 2 is 1.63 bits per heavy atom. The molecule has 0 aliphatic rings. The highest BCUT2D eigenvalue weighted by Gasteiger charge is 2.20. The van der Waals surface area contributed by atoms with Crippen molar-refractivity contribution in [3.63, 3.8) is 0 Å². The van der Waals surface area contributed by atoms with Crippen LogP contribution in [0.15, 0.2) is 77.8 Å². The summed E-state index contributed by atoms with van der Waals surface area (Å²) in [6.07, 6.45) is -0.835. The third-order valence-corrected chi connectivity index (χ3v) is 5.99. The number of rotatable bonds is 8. The van der Waals surface area contributed by atoms with Crippen molar-refractivity contribution in [1.82, 2.24) is 14.8 Å². The molecule has 4 aromatic rings. The van der Waals surface area contributed by atoms with Gasteiger partial charge in [0, 0.05) is 42.7 Å². The van der Waals surface area contributed by atoms with Crippen molar-refractivity contribution in [3.8, 4) is 11.6 Å². The SMILES string of the molecule is COC(=O)Oc1ccc2c(C(=Nc3ccc(C(=O)N(C)CCN(C)C)cc3)c3ccccc3)c(O)[nH]c2c1. The standard InChI is InChI=1S/C29H30N4O5/c1-32(2)16-17-33(3)28(35)20-10-12-21(13-11-20)30-26(19-8-6-5-7-9-19)25-23-15-14-22(38-29(36)37-4)18-24(23)31-27(25)34/h5-15,18,31,34H,16-17H2,1-4H3. The molecule has 2 N–H and O–H groups in total. The van der Waals surface area contributed by atoms with Gasteiger partial charge in [-0.1, -0.05) is 30.3 Å². The third-order valence-electron chi connectivity index (χ3n) is 5.99. The maximum absolute atomic E-state index is 12.8. The third kappa shape index (κ3) is 6.01. The van der Waals surface area contributed by atoms with Crippen molar-refractivity contribution in [2.45, 2.75) is 0 Å². The first-order chi connectivity index (χ1) is 18.3. The van der Waals surface area contributed by atoms with Crippen LogP contribution in [0, 0.1) is 0 Å². The number of carbonyl (C=O) groups is 2. The van der Waals surface area contributed by atoms with E-state index in [1.807, 2.05) is 49.3 Å². The first kappa shape index (κ1) is 26.4. The van der Waals surface area contributed by atoms with Gasteiger partial charge in [0.2, 0.25) is 0 Å². The molecule has 0 bridgehead atoms. The van der Waals surface area contributed by atoms with Crippen molar-refractivity contribution in [1.29, 1.82) is 0 Å². The number of hydrogen-bond acceptors (Lipinski definition) is 7. The molecule has 4 rings (SSSR count). The Morgan fingerprint density at radius 3 is 2.29 bits per heavy atom. The molecule has 1 amide bonds. The number of nitrogens with zero attached hydrogens (tertiary/aromatic N) is 3. The smallest absolute Gasteiger partial charge is 0.494 e. The van der Waals surface area contributed by atoms with E-state index in [1.165, 1.54) is 7.11 Å². The van der Waals surface area contributed by atoms with Gasteiger partial charge in [-0.25, -0.2) is 9.79 Å². The van der Waals surface area contributed by atoms with Crippen molar-refractivity contribution < 1.29 is 24.2 Å². The topological polar surface area (TPSA) is 107 Å². The number of H-pyrrole nitrogens is 1. The summed E-state index contributed by atoms with van der Waals surface area (Å²) in [5.41, 5.74) is 3.58. The van der Waals surface area contributed by atoms with E-state index < -0.39 is 6.16 Å². The molecule has 0 aliphatic carbocycles. The average molecular weight is 515 g/mol. The quantitative estimate of drug-likeness (QED) is 0.198. The van der Waals surface area contributed by atoms with Crippen LogP contribution in [0.4, 0.5) is 10.5 Å². The second-order valence-electron chi connectivity index (χ2n) is 9.02. The van der Waals surface area contributed by atoms with Crippen LogP contribution in [0.3, 0.4) is 0 Å². The second kappa shape index (κ2) is 11.6. The van der Waals surface area contributed by atoms with Crippen LogP contribution in [-0.4, -0.2) is 79.0 Å². The predicted octanol–water partition coefficient (Wildman–Crippen LogP) is 4.82. The summed E-state index contributed by atoms with van der Waals surface area (Å²) >= 11 is 0. The number of ether oxygens (including phenoxy) is 2. The van der Waals surface area contributed by atoms with E-state index in [4.69, 9.17) is 9.73 Å². The minimum atomic E-state index is -0.835. The van der Waals surface area contributed by atoms with Crippen LogP contribution < -0.4 is 4.74 Å². The van der Waals surface area contributed by atoms with Crippen LogP contribution in [0.25, 0.3) is 10.9 Å². The Morgan fingerprint density at radius 1 is 0.921 bits per heavy atom. The van der Waals surface area contributed by atoms with Crippen LogP contribution in [0.2, 0.25) is 0 Å². The number of likely N-dealkylation sites (N-methyl/N-ethyl adjacent to an activating group) is 2. The second-order valence-corrected chi connectivity index (χ2v) is 9.02. The van der Waals surface area contributed by atoms with Crippen LogP contribution in [0.1, 0.15) is 21.5 Å². The van der Waals surface area contributed by atoms with E-state index >= 15 is 0 Å². The van der Waals surface area contributed by atoms with Crippen LogP contribution in [0.5, 0.6) is 11.6 Å². The Balaban J connectivity index is 1.71. The molecule has 9 nitrogen and oxygen atoms in total. The Labute approximate surface area is 220 Å². The van der Waals surface area contributed by atoms with Gasteiger partial charge in [-0.15, -0.1) is 0 Å². The number of hydrogen-bond donors (Lipinski definition) is 2. The number of methoxy groups -OCH3 is 1. The largest absolute Gasteiger partial charge is 0.513 e. The molecule has 1 heterocycles. The summed E-state index contributed by atoms with van der Waals surface area (Å²) < 4.78 is 9.66. The van der Waals surface area contributed by atoms with Gasteiger partial charge in [-0.3, -0.25) is 4.79 Å². The fourth-order valence-electron chi connectivity index (χ4n) is 3.94. The molecule has 196 valence electrons. The Kier molecular flexibility index (Phi) is 8.08. The number of aliphatic imine (C=N–C) groups is 1. The first-order valence-electron chi connectivity index (χ1n) is 12.0. The zero-order valence-electron chi connectivity index (χ0n) is 21.8. The monoisotopic (exact) mass is 514 g/mol. The summed E-state index contributed by atoms with van der Waals surface area (Å²) in [5.74, 6) is 0.128. The number of benzene rings is 3. The molecule has 1 aromatic heterocycles. The number of fused-ring (bicyclic) bond motifs is 1. The molecular weight excluding hydrogens is 484 g/mol. The van der Waals surface area contributed by atoms with Gasteiger partial charge >= 0.3 is 6.16 Å². The molecule has 0 saturated heterocycles. The first-order valence-corrected chi connectivity index (χ1v) is 12.0. The molecule has 0 atom stereocenters. The van der Waals surface area contributed by atoms with E-state index in [0.717, 1.165) is 12.1 Å². The van der Waals surface area contributed by atoms with Crippen molar-refractivity contribution in [2.24, 2.45) is 4.99 Å². The number of aromatic hydroxyl groups is 1. The summed E-state index contributed by atoms with van der Waals surface area (Å²) in [4.78, 5) is 35.8. The number of nitrogens with one attached hydrogen (secondary N) is 1. The van der Waals surface area contributed by atoms with Crippen molar-refractivity contribution in [2.75, 3.05) is 41.3 Å². The molecule has 9 heteroatoms. The molecule has 0 spiro atoms. The maximum Gasteiger partial charge on any atom is 0.513 e. The molecule has 0 saturated carbocycles. The molecule has 3 aromatic carbocycles. The predicted molar refractivity (Wildman–Crippen MR) is 147 cm³/mol. The number of aromatic amines is 1. The lowest BCUT2D eigenvalue weighted by Gasteiger charge is -2.19. The van der Waals surface area contributed by atoms with Crippen LogP contribution in [-0.2, 0) is 4.74 Å². The molecule has 0 fully saturated rings. The number of aromatic nitrogens is 1. The van der Waals surface area contributed by atoms with Crippen molar-refractivity contribution >= 4 is 34.4 Å². The van der Waals surface area contributed by atoms with E-state index in [2.05, 4.69) is 9.72 Å².